The lowest BCUT2D eigenvalue weighted by molar-refractivity contribution is 0.544. The minimum absolute atomic E-state index is 0.295. The molecular weight excluding hydrogens is 292 g/mol. The van der Waals surface area contributed by atoms with Gasteiger partial charge < -0.3 is 4.42 Å². The maximum absolute atomic E-state index is 12.2. The van der Waals surface area contributed by atoms with E-state index in [0.717, 1.165) is 21.1 Å². The molecule has 0 bridgehead atoms. The summed E-state index contributed by atoms with van der Waals surface area (Å²) in [6.07, 6.45) is 0. The van der Waals surface area contributed by atoms with Crippen LogP contribution >= 0.6 is 11.8 Å². The molecule has 106 valence electrons. The summed E-state index contributed by atoms with van der Waals surface area (Å²) in [5.41, 5.74) is 0.331. The van der Waals surface area contributed by atoms with E-state index in [9.17, 15) is 4.79 Å². The van der Waals surface area contributed by atoms with Gasteiger partial charge in [-0.05, 0) is 35.0 Å². The molecule has 0 amide bonds. The van der Waals surface area contributed by atoms with Crippen LogP contribution in [0.15, 0.2) is 91.8 Å². The number of benzene rings is 3. The molecule has 4 rings (SSSR count). The number of rotatable bonds is 2. The molecule has 0 aliphatic heterocycles. The Hall–Kier alpha value is -2.52. The molecule has 0 saturated carbocycles. The predicted molar refractivity (Wildman–Crippen MR) is 90.6 cm³/mol. The molecule has 0 atom stereocenters. The van der Waals surface area contributed by atoms with E-state index < -0.39 is 0 Å². The SMILES string of the molecule is O=c1oc2ccc3ccccc3c2cc1Sc1ccccc1. The summed E-state index contributed by atoms with van der Waals surface area (Å²) >= 11 is 1.43. The smallest absolute Gasteiger partial charge is 0.350 e. The van der Waals surface area contributed by atoms with Crippen molar-refractivity contribution >= 4 is 33.5 Å². The number of hydrogen-bond donors (Lipinski definition) is 0. The molecule has 1 aromatic heterocycles. The molecule has 1 heterocycles. The summed E-state index contributed by atoms with van der Waals surface area (Å²) in [6.45, 7) is 0. The third-order valence-corrected chi connectivity index (χ3v) is 4.59. The molecule has 0 unspecified atom stereocenters. The first-order valence-electron chi connectivity index (χ1n) is 7.00. The van der Waals surface area contributed by atoms with Gasteiger partial charge in [-0.3, -0.25) is 0 Å². The quantitative estimate of drug-likeness (QED) is 0.381. The average Bonchev–Trinajstić information content (AvgIpc) is 2.56. The first-order valence-corrected chi connectivity index (χ1v) is 7.81. The zero-order chi connectivity index (χ0) is 14.9. The Morgan fingerprint density at radius 1 is 0.773 bits per heavy atom. The van der Waals surface area contributed by atoms with Crippen LogP contribution in [0.2, 0.25) is 0 Å². The summed E-state index contributed by atoms with van der Waals surface area (Å²) in [5, 5.41) is 3.20. The van der Waals surface area contributed by atoms with Crippen LogP contribution in [-0.2, 0) is 0 Å². The number of hydrogen-bond acceptors (Lipinski definition) is 3. The summed E-state index contributed by atoms with van der Waals surface area (Å²) in [7, 11) is 0. The van der Waals surface area contributed by atoms with Crippen molar-refractivity contribution in [3.05, 3.63) is 83.2 Å². The molecule has 0 aliphatic rings. The van der Waals surface area contributed by atoms with Crippen LogP contribution in [0.5, 0.6) is 0 Å². The minimum atomic E-state index is -0.295. The van der Waals surface area contributed by atoms with Gasteiger partial charge in [0.2, 0.25) is 0 Å². The molecule has 0 fully saturated rings. The minimum Gasteiger partial charge on any atom is -0.422 e. The summed E-state index contributed by atoms with van der Waals surface area (Å²) in [5.74, 6) is 0. The topological polar surface area (TPSA) is 30.2 Å². The van der Waals surface area contributed by atoms with Gasteiger partial charge in [0, 0.05) is 10.3 Å². The lowest BCUT2D eigenvalue weighted by atomic mass is 10.1. The molecule has 0 radical (unpaired) electrons. The van der Waals surface area contributed by atoms with Gasteiger partial charge in [0.15, 0.2) is 0 Å². The second-order valence-electron chi connectivity index (χ2n) is 5.01. The van der Waals surface area contributed by atoms with E-state index in [0.29, 0.717) is 10.5 Å². The lowest BCUT2D eigenvalue weighted by Crippen LogP contribution is -2.01. The molecule has 3 heteroatoms. The van der Waals surface area contributed by atoms with E-state index >= 15 is 0 Å². The number of fused-ring (bicyclic) bond motifs is 3. The van der Waals surface area contributed by atoms with Gasteiger partial charge in [-0.1, -0.05) is 60.3 Å². The van der Waals surface area contributed by atoms with Crippen LogP contribution in [0.25, 0.3) is 21.7 Å². The summed E-state index contributed by atoms with van der Waals surface area (Å²) in [6, 6.07) is 23.7. The van der Waals surface area contributed by atoms with Crippen molar-refractivity contribution in [2.45, 2.75) is 9.79 Å². The van der Waals surface area contributed by atoms with Crippen molar-refractivity contribution in [3.8, 4) is 0 Å². The Bertz CT molecular complexity index is 1020. The van der Waals surface area contributed by atoms with Crippen LogP contribution in [0, 0.1) is 0 Å². The van der Waals surface area contributed by atoms with E-state index in [1.807, 2.05) is 60.7 Å². The van der Waals surface area contributed by atoms with Gasteiger partial charge in [0.1, 0.15) is 5.58 Å². The fourth-order valence-corrected chi connectivity index (χ4v) is 3.39. The highest BCUT2D eigenvalue weighted by Gasteiger charge is 2.09. The Balaban J connectivity index is 1.94. The van der Waals surface area contributed by atoms with Crippen LogP contribution in [0.3, 0.4) is 0 Å². The van der Waals surface area contributed by atoms with Crippen LogP contribution < -0.4 is 5.63 Å². The van der Waals surface area contributed by atoms with E-state index in [1.54, 1.807) is 0 Å². The van der Waals surface area contributed by atoms with Gasteiger partial charge in [0.05, 0.1) is 4.90 Å². The molecule has 0 saturated heterocycles. The highest BCUT2D eigenvalue weighted by molar-refractivity contribution is 7.99. The predicted octanol–water partition coefficient (Wildman–Crippen LogP) is 5.10. The summed E-state index contributed by atoms with van der Waals surface area (Å²) < 4.78 is 5.50. The van der Waals surface area contributed by atoms with E-state index in [4.69, 9.17) is 4.42 Å². The zero-order valence-corrected chi connectivity index (χ0v) is 12.5. The van der Waals surface area contributed by atoms with E-state index in [-0.39, 0.29) is 5.63 Å². The second kappa shape index (κ2) is 5.35. The third-order valence-electron chi connectivity index (χ3n) is 3.58. The molecule has 22 heavy (non-hydrogen) atoms. The monoisotopic (exact) mass is 304 g/mol. The van der Waals surface area contributed by atoms with Crippen molar-refractivity contribution < 1.29 is 4.42 Å². The van der Waals surface area contributed by atoms with E-state index in [2.05, 4.69) is 12.1 Å². The van der Waals surface area contributed by atoms with E-state index in [1.165, 1.54) is 11.8 Å². The largest absolute Gasteiger partial charge is 0.422 e. The first kappa shape index (κ1) is 13.2. The lowest BCUT2D eigenvalue weighted by Gasteiger charge is -2.05. The van der Waals surface area contributed by atoms with Gasteiger partial charge in [-0.2, -0.15) is 0 Å². The van der Waals surface area contributed by atoms with Gasteiger partial charge in [-0.25, -0.2) is 4.79 Å². The first-order chi connectivity index (χ1) is 10.8. The normalized spacial score (nSPS) is 11.1. The van der Waals surface area contributed by atoms with Crippen molar-refractivity contribution in [2.75, 3.05) is 0 Å². The maximum atomic E-state index is 12.2. The molecule has 4 aromatic rings. The highest BCUT2D eigenvalue weighted by atomic mass is 32.2. The fourth-order valence-electron chi connectivity index (χ4n) is 2.54. The second-order valence-corrected chi connectivity index (χ2v) is 6.13. The highest BCUT2D eigenvalue weighted by Crippen LogP contribution is 2.30. The zero-order valence-electron chi connectivity index (χ0n) is 11.7. The van der Waals surface area contributed by atoms with Gasteiger partial charge in [-0.15, -0.1) is 0 Å². The summed E-state index contributed by atoms with van der Waals surface area (Å²) in [4.78, 5) is 13.8. The van der Waals surface area contributed by atoms with Crippen LogP contribution in [0.1, 0.15) is 0 Å². The molecule has 0 N–H and O–H groups in total. The molecule has 0 spiro atoms. The Labute approximate surface area is 131 Å². The van der Waals surface area contributed by atoms with Crippen molar-refractivity contribution in [2.24, 2.45) is 0 Å². The third kappa shape index (κ3) is 2.30. The Morgan fingerprint density at radius 2 is 1.55 bits per heavy atom. The average molecular weight is 304 g/mol. The van der Waals surface area contributed by atoms with Crippen LogP contribution in [0.4, 0.5) is 0 Å². The molecule has 3 aromatic carbocycles. The standard InChI is InChI=1S/C19H12O2S/c20-19-18(22-14-7-2-1-3-8-14)12-16-15-9-5-4-6-13(15)10-11-17(16)21-19/h1-12H. The van der Waals surface area contributed by atoms with Crippen molar-refractivity contribution in [1.29, 1.82) is 0 Å². The van der Waals surface area contributed by atoms with Crippen molar-refractivity contribution in [1.82, 2.24) is 0 Å². The Kier molecular flexibility index (Phi) is 3.20. The fraction of sp³-hybridized carbons (Fsp3) is 0. The Morgan fingerprint density at radius 3 is 2.41 bits per heavy atom. The maximum Gasteiger partial charge on any atom is 0.350 e. The van der Waals surface area contributed by atoms with Crippen molar-refractivity contribution in [3.63, 3.8) is 0 Å². The van der Waals surface area contributed by atoms with Gasteiger partial charge >= 0.3 is 5.63 Å². The van der Waals surface area contributed by atoms with Gasteiger partial charge in [0.25, 0.3) is 0 Å². The molecular formula is C19H12O2S. The molecule has 0 aliphatic carbocycles. The van der Waals surface area contributed by atoms with Crippen LogP contribution in [-0.4, -0.2) is 0 Å². The molecule has 2 nitrogen and oxygen atoms in total.